The highest BCUT2D eigenvalue weighted by atomic mass is 16.5. The summed E-state index contributed by atoms with van der Waals surface area (Å²) in [5.41, 5.74) is 1.09. The van der Waals surface area contributed by atoms with Gasteiger partial charge in [0.25, 0.3) is 5.91 Å². The van der Waals surface area contributed by atoms with Crippen molar-refractivity contribution in [2.24, 2.45) is 0 Å². The maximum atomic E-state index is 12.2. The van der Waals surface area contributed by atoms with Crippen LogP contribution in [0, 0.1) is 0 Å². The standard InChI is InChI=1S/C24H34N6O2/c1-19(16-20-6-5-11-25-17-20)26-23(31)18-32-24-10-9-22(27-28-24)30-14-12-29(13-15-30)21-7-3-2-4-8-21/h5-6,9-11,17,19,21H,2-4,7-8,12-16,18H2,1H3,(H,26,31)/t19-/m0/s1. The van der Waals surface area contributed by atoms with Crippen molar-refractivity contribution in [3.05, 3.63) is 42.2 Å². The third kappa shape index (κ3) is 6.38. The molecule has 8 heteroatoms. The molecule has 1 saturated heterocycles. The Kier molecular flexibility index (Phi) is 7.87. The highest BCUT2D eigenvalue weighted by Gasteiger charge is 2.25. The van der Waals surface area contributed by atoms with Crippen molar-refractivity contribution in [3.63, 3.8) is 0 Å². The largest absolute Gasteiger partial charge is 0.466 e. The molecule has 0 spiro atoms. The molecule has 1 N–H and O–H groups in total. The van der Waals surface area contributed by atoms with Crippen LogP contribution in [0.4, 0.5) is 5.82 Å². The van der Waals surface area contributed by atoms with Gasteiger partial charge in [0, 0.05) is 56.7 Å². The molecule has 1 saturated carbocycles. The van der Waals surface area contributed by atoms with Crippen LogP contribution in [-0.2, 0) is 11.2 Å². The summed E-state index contributed by atoms with van der Waals surface area (Å²) in [6, 6.07) is 8.39. The van der Waals surface area contributed by atoms with E-state index in [9.17, 15) is 4.79 Å². The number of aromatic nitrogens is 3. The number of anilines is 1. The first kappa shape index (κ1) is 22.5. The van der Waals surface area contributed by atoms with Crippen LogP contribution in [0.25, 0.3) is 0 Å². The van der Waals surface area contributed by atoms with Gasteiger partial charge < -0.3 is 15.0 Å². The summed E-state index contributed by atoms with van der Waals surface area (Å²) >= 11 is 0. The predicted molar refractivity (Wildman–Crippen MR) is 124 cm³/mol. The monoisotopic (exact) mass is 438 g/mol. The minimum absolute atomic E-state index is 0.00367. The first-order chi connectivity index (χ1) is 15.7. The number of ether oxygens (including phenoxy) is 1. The summed E-state index contributed by atoms with van der Waals surface area (Å²) in [6.45, 7) is 6.01. The topological polar surface area (TPSA) is 83.5 Å². The Hall–Kier alpha value is -2.74. The second kappa shape index (κ2) is 11.2. The molecular formula is C24H34N6O2. The summed E-state index contributed by atoms with van der Waals surface area (Å²) in [7, 11) is 0. The Bertz CT molecular complexity index is 833. The number of nitrogens with zero attached hydrogens (tertiary/aromatic N) is 5. The SMILES string of the molecule is C[C@@H](Cc1cccnc1)NC(=O)COc1ccc(N2CCN(C3CCCCC3)CC2)nn1. The molecule has 8 nitrogen and oxygen atoms in total. The van der Waals surface area contributed by atoms with E-state index in [1.165, 1.54) is 32.1 Å². The zero-order chi connectivity index (χ0) is 22.2. The maximum Gasteiger partial charge on any atom is 0.258 e. The summed E-state index contributed by atoms with van der Waals surface area (Å²) in [5.74, 6) is 1.06. The molecule has 4 rings (SSSR count). The van der Waals surface area contributed by atoms with E-state index in [1.54, 1.807) is 12.3 Å². The second-order valence-electron chi connectivity index (χ2n) is 8.87. The summed E-state index contributed by atoms with van der Waals surface area (Å²) in [4.78, 5) is 21.2. The van der Waals surface area contributed by atoms with Crippen LogP contribution in [0.5, 0.6) is 5.88 Å². The first-order valence-electron chi connectivity index (χ1n) is 11.8. The van der Waals surface area contributed by atoms with Crippen molar-refractivity contribution in [1.82, 2.24) is 25.4 Å². The quantitative estimate of drug-likeness (QED) is 0.678. The Morgan fingerprint density at radius 2 is 1.94 bits per heavy atom. The molecule has 1 atom stereocenters. The van der Waals surface area contributed by atoms with Gasteiger partial charge in [0.15, 0.2) is 12.4 Å². The van der Waals surface area contributed by atoms with Gasteiger partial charge in [-0.25, -0.2) is 0 Å². The molecule has 1 amide bonds. The van der Waals surface area contributed by atoms with Gasteiger partial charge >= 0.3 is 0 Å². The average molecular weight is 439 g/mol. The van der Waals surface area contributed by atoms with Crippen LogP contribution in [0.2, 0.25) is 0 Å². The molecule has 172 valence electrons. The van der Waals surface area contributed by atoms with Crippen LogP contribution in [0.3, 0.4) is 0 Å². The van der Waals surface area contributed by atoms with E-state index in [-0.39, 0.29) is 18.6 Å². The lowest BCUT2D eigenvalue weighted by Crippen LogP contribution is -2.51. The third-order valence-corrected chi connectivity index (χ3v) is 6.38. The van der Waals surface area contributed by atoms with Crippen LogP contribution in [-0.4, -0.2) is 70.9 Å². The molecule has 2 aromatic rings. The van der Waals surface area contributed by atoms with E-state index in [0.29, 0.717) is 5.88 Å². The lowest BCUT2D eigenvalue weighted by Gasteiger charge is -2.41. The molecule has 1 aliphatic carbocycles. The molecule has 3 heterocycles. The van der Waals surface area contributed by atoms with Crippen molar-refractivity contribution < 1.29 is 9.53 Å². The van der Waals surface area contributed by atoms with Gasteiger partial charge in [-0.05, 0) is 43.9 Å². The molecule has 2 aliphatic rings. The third-order valence-electron chi connectivity index (χ3n) is 6.38. The lowest BCUT2D eigenvalue weighted by molar-refractivity contribution is -0.123. The Labute approximate surface area is 190 Å². The molecular weight excluding hydrogens is 404 g/mol. The van der Waals surface area contributed by atoms with Gasteiger partial charge in [-0.3, -0.25) is 14.7 Å². The number of carbonyl (C=O) groups excluding carboxylic acids is 1. The van der Waals surface area contributed by atoms with E-state index in [4.69, 9.17) is 4.74 Å². The van der Waals surface area contributed by atoms with Crippen LogP contribution in [0.1, 0.15) is 44.6 Å². The van der Waals surface area contributed by atoms with Crippen molar-refractivity contribution in [2.45, 2.75) is 57.5 Å². The zero-order valence-corrected chi connectivity index (χ0v) is 18.9. The highest BCUT2D eigenvalue weighted by molar-refractivity contribution is 5.77. The summed E-state index contributed by atoms with van der Waals surface area (Å²) in [6.07, 6.45) is 11.1. The molecule has 0 radical (unpaired) electrons. The number of pyridine rings is 1. The van der Waals surface area contributed by atoms with Crippen LogP contribution < -0.4 is 15.0 Å². The van der Waals surface area contributed by atoms with E-state index < -0.39 is 0 Å². The second-order valence-corrected chi connectivity index (χ2v) is 8.87. The fourth-order valence-electron chi connectivity index (χ4n) is 4.70. The Morgan fingerprint density at radius 3 is 2.62 bits per heavy atom. The minimum Gasteiger partial charge on any atom is -0.466 e. The highest BCUT2D eigenvalue weighted by Crippen LogP contribution is 2.24. The molecule has 2 fully saturated rings. The van der Waals surface area contributed by atoms with Crippen molar-refractivity contribution in [2.75, 3.05) is 37.7 Å². The average Bonchev–Trinajstić information content (AvgIpc) is 2.84. The van der Waals surface area contributed by atoms with E-state index in [0.717, 1.165) is 50.0 Å². The molecule has 32 heavy (non-hydrogen) atoms. The fourth-order valence-corrected chi connectivity index (χ4v) is 4.70. The summed E-state index contributed by atoms with van der Waals surface area (Å²) in [5, 5.41) is 11.4. The zero-order valence-electron chi connectivity index (χ0n) is 18.9. The van der Waals surface area contributed by atoms with Gasteiger partial charge in [-0.15, -0.1) is 10.2 Å². The van der Waals surface area contributed by atoms with Crippen molar-refractivity contribution in [3.8, 4) is 5.88 Å². The van der Waals surface area contributed by atoms with Gasteiger partial charge in [0.1, 0.15) is 0 Å². The lowest BCUT2D eigenvalue weighted by atomic mass is 9.94. The Morgan fingerprint density at radius 1 is 1.12 bits per heavy atom. The Balaban J connectivity index is 1.18. The van der Waals surface area contributed by atoms with E-state index in [2.05, 4.69) is 30.3 Å². The summed E-state index contributed by atoms with van der Waals surface area (Å²) < 4.78 is 5.53. The number of piperazine rings is 1. The molecule has 2 aromatic heterocycles. The number of hydrogen-bond donors (Lipinski definition) is 1. The first-order valence-corrected chi connectivity index (χ1v) is 11.8. The smallest absolute Gasteiger partial charge is 0.258 e. The van der Waals surface area contributed by atoms with Gasteiger partial charge in [-0.1, -0.05) is 25.3 Å². The van der Waals surface area contributed by atoms with Gasteiger partial charge in [0.05, 0.1) is 0 Å². The normalized spacial score (nSPS) is 18.8. The number of amides is 1. The number of nitrogens with one attached hydrogen (secondary N) is 1. The minimum atomic E-state index is -0.175. The molecule has 0 aromatic carbocycles. The molecule has 1 aliphatic heterocycles. The van der Waals surface area contributed by atoms with Crippen molar-refractivity contribution >= 4 is 11.7 Å². The molecule has 0 unspecified atom stereocenters. The van der Waals surface area contributed by atoms with Crippen LogP contribution >= 0.6 is 0 Å². The number of carbonyl (C=O) groups is 1. The molecule has 0 bridgehead atoms. The van der Waals surface area contributed by atoms with Gasteiger partial charge in [0.2, 0.25) is 5.88 Å². The van der Waals surface area contributed by atoms with Crippen molar-refractivity contribution in [1.29, 1.82) is 0 Å². The van der Waals surface area contributed by atoms with E-state index in [1.807, 2.05) is 31.3 Å². The predicted octanol–water partition coefficient (Wildman–Crippen LogP) is 2.45. The fraction of sp³-hybridized carbons (Fsp3) is 0.583. The number of rotatable bonds is 8. The van der Waals surface area contributed by atoms with Gasteiger partial charge in [-0.2, -0.15) is 0 Å². The van der Waals surface area contributed by atoms with Crippen LogP contribution in [0.15, 0.2) is 36.7 Å². The maximum absolute atomic E-state index is 12.2. The number of hydrogen-bond acceptors (Lipinski definition) is 7. The van der Waals surface area contributed by atoms with E-state index >= 15 is 0 Å².